The van der Waals surface area contributed by atoms with Crippen LogP contribution >= 0.6 is 11.3 Å². The summed E-state index contributed by atoms with van der Waals surface area (Å²) in [5, 5.41) is 9.33. The van der Waals surface area contributed by atoms with Crippen LogP contribution in [0, 0.1) is 0 Å². The van der Waals surface area contributed by atoms with Gasteiger partial charge in [-0.2, -0.15) is 0 Å². The molecule has 1 spiro atoms. The van der Waals surface area contributed by atoms with Crippen molar-refractivity contribution in [2.24, 2.45) is 0 Å². The fraction of sp³-hybridized carbons (Fsp3) is 0.737. The highest BCUT2D eigenvalue weighted by atomic mass is 32.1. The monoisotopic (exact) mass is 364 g/mol. The zero-order chi connectivity index (χ0) is 17.4. The van der Waals surface area contributed by atoms with Gasteiger partial charge in [0.05, 0.1) is 6.61 Å². The smallest absolute Gasteiger partial charge is 0.345 e. The first-order valence-electron chi connectivity index (χ1n) is 9.58. The van der Waals surface area contributed by atoms with E-state index in [0.29, 0.717) is 10.9 Å². The zero-order valence-electron chi connectivity index (χ0n) is 15.0. The Kier molecular flexibility index (Phi) is 4.88. The van der Waals surface area contributed by atoms with E-state index in [1.807, 2.05) is 6.07 Å². The van der Waals surface area contributed by atoms with Crippen LogP contribution < -0.4 is 0 Å². The molecule has 4 rings (SSSR count). The molecule has 4 heterocycles. The molecular formula is C19H28N2O3S. The lowest BCUT2D eigenvalue weighted by atomic mass is 9.85. The number of likely N-dealkylation sites (tertiary alicyclic amines) is 2. The summed E-state index contributed by atoms with van der Waals surface area (Å²) in [6.07, 6.45) is 5.47. The molecule has 138 valence electrons. The molecule has 0 saturated carbocycles. The molecule has 0 radical (unpaired) electrons. The Hall–Kier alpha value is -0.950. The highest BCUT2D eigenvalue weighted by Crippen LogP contribution is 2.45. The number of nitrogens with zero attached hydrogens (tertiary/aromatic N) is 2. The molecule has 3 aliphatic heterocycles. The van der Waals surface area contributed by atoms with Crippen LogP contribution in [0.15, 0.2) is 6.07 Å². The van der Waals surface area contributed by atoms with Crippen LogP contribution in [-0.2, 0) is 16.8 Å². The molecule has 1 aromatic heterocycles. The normalized spacial score (nSPS) is 26.8. The van der Waals surface area contributed by atoms with Crippen molar-refractivity contribution in [3.05, 3.63) is 21.4 Å². The Morgan fingerprint density at radius 3 is 2.92 bits per heavy atom. The summed E-state index contributed by atoms with van der Waals surface area (Å²) in [5.41, 5.74) is 0.970. The van der Waals surface area contributed by atoms with Gasteiger partial charge in [-0.15, -0.1) is 11.3 Å². The second-order valence-electron chi connectivity index (χ2n) is 7.59. The minimum atomic E-state index is -0.812. The third kappa shape index (κ3) is 3.25. The molecule has 25 heavy (non-hydrogen) atoms. The SMILES string of the molecule is CCN1CCCC1CN1CCC2(CC1)OCCc1cc(C(=O)O)sc12. The van der Waals surface area contributed by atoms with Gasteiger partial charge in [-0.05, 0) is 56.8 Å². The van der Waals surface area contributed by atoms with E-state index in [1.165, 1.54) is 47.7 Å². The van der Waals surface area contributed by atoms with Crippen LogP contribution in [0.3, 0.4) is 0 Å². The van der Waals surface area contributed by atoms with Crippen LogP contribution in [0.2, 0.25) is 0 Å². The zero-order valence-corrected chi connectivity index (χ0v) is 15.8. The third-order valence-corrected chi connectivity index (χ3v) is 7.57. The molecule has 6 heteroatoms. The molecule has 0 bridgehead atoms. The summed E-state index contributed by atoms with van der Waals surface area (Å²) in [6, 6.07) is 2.58. The molecule has 1 unspecified atom stereocenters. The fourth-order valence-corrected chi connectivity index (χ4v) is 6.06. The Bertz CT molecular complexity index is 637. The predicted molar refractivity (Wildman–Crippen MR) is 98.6 cm³/mol. The number of piperidine rings is 1. The second kappa shape index (κ2) is 6.99. The van der Waals surface area contributed by atoms with Gasteiger partial charge < -0.3 is 14.7 Å². The number of rotatable bonds is 4. The van der Waals surface area contributed by atoms with Crippen molar-refractivity contribution in [3.63, 3.8) is 0 Å². The van der Waals surface area contributed by atoms with E-state index < -0.39 is 5.97 Å². The number of hydrogen-bond acceptors (Lipinski definition) is 5. The number of carboxylic acid groups (broad SMARTS) is 1. The summed E-state index contributed by atoms with van der Waals surface area (Å²) in [4.78, 5) is 18.2. The molecule has 0 aliphatic carbocycles. The summed E-state index contributed by atoms with van der Waals surface area (Å²) in [6.45, 7) is 8.65. The van der Waals surface area contributed by atoms with Crippen molar-refractivity contribution in [2.45, 2.75) is 50.7 Å². The van der Waals surface area contributed by atoms with E-state index in [4.69, 9.17) is 4.74 Å². The summed E-state index contributed by atoms with van der Waals surface area (Å²) in [7, 11) is 0. The Labute approximate surface area is 153 Å². The van der Waals surface area contributed by atoms with Gasteiger partial charge in [0.1, 0.15) is 10.5 Å². The first-order valence-corrected chi connectivity index (χ1v) is 10.4. The lowest BCUT2D eigenvalue weighted by Crippen LogP contribution is -2.49. The van der Waals surface area contributed by atoms with Gasteiger partial charge in [-0.1, -0.05) is 6.92 Å². The Balaban J connectivity index is 1.44. The van der Waals surface area contributed by atoms with Crippen molar-refractivity contribution in [1.82, 2.24) is 9.80 Å². The van der Waals surface area contributed by atoms with Crippen molar-refractivity contribution in [2.75, 3.05) is 39.3 Å². The maximum Gasteiger partial charge on any atom is 0.345 e. The van der Waals surface area contributed by atoms with Crippen LogP contribution in [-0.4, -0.2) is 66.2 Å². The van der Waals surface area contributed by atoms with E-state index in [2.05, 4.69) is 16.7 Å². The maximum absolute atomic E-state index is 11.4. The van der Waals surface area contributed by atoms with Gasteiger partial charge in [0.2, 0.25) is 0 Å². The van der Waals surface area contributed by atoms with Crippen molar-refractivity contribution in [1.29, 1.82) is 0 Å². The first-order chi connectivity index (χ1) is 12.1. The molecule has 1 atom stereocenters. The highest BCUT2D eigenvalue weighted by Gasteiger charge is 2.43. The standard InChI is InChI=1S/C19H28N2O3S/c1-2-21-8-3-4-15(21)13-20-9-6-19(7-10-20)17-14(5-11-24-19)12-16(25-17)18(22)23/h12,15H,2-11,13H2,1H3,(H,22,23). The average Bonchev–Trinajstić information content (AvgIpc) is 3.24. The summed E-state index contributed by atoms with van der Waals surface area (Å²) < 4.78 is 6.27. The molecule has 1 aromatic rings. The molecule has 1 N–H and O–H groups in total. The molecule has 0 amide bonds. The largest absolute Gasteiger partial charge is 0.477 e. The number of hydrogen-bond donors (Lipinski definition) is 1. The third-order valence-electron chi connectivity index (χ3n) is 6.22. The van der Waals surface area contributed by atoms with E-state index in [9.17, 15) is 9.90 Å². The molecule has 3 aliphatic rings. The molecule has 0 aromatic carbocycles. The van der Waals surface area contributed by atoms with Crippen LogP contribution in [0.25, 0.3) is 0 Å². The van der Waals surface area contributed by atoms with E-state index in [-0.39, 0.29) is 5.60 Å². The second-order valence-corrected chi connectivity index (χ2v) is 8.64. The number of ether oxygens (including phenoxy) is 1. The fourth-order valence-electron chi connectivity index (χ4n) is 4.81. The van der Waals surface area contributed by atoms with Crippen LogP contribution in [0.4, 0.5) is 0 Å². The first kappa shape index (κ1) is 17.5. The average molecular weight is 365 g/mol. The number of carboxylic acids is 1. The van der Waals surface area contributed by atoms with E-state index in [1.54, 1.807) is 0 Å². The van der Waals surface area contributed by atoms with Crippen LogP contribution in [0.5, 0.6) is 0 Å². The summed E-state index contributed by atoms with van der Waals surface area (Å²) in [5.74, 6) is -0.812. The van der Waals surface area contributed by atoms with Gasteiger partial charge in [-0.25, -0.2) is 4.79 Å². The van der Waals surface area contributed by atoms with Gasteiger partial charge in [-0.3, -0.25) is 4.90 Å². The number of thiophene rings is 1. The Morgan fingerprint density at radius 1 is 1.40 bits per heavy atom. The highest BCUT2D eigenvalue weighted by molar-refractivity contribution is 7.14. The molecule has 5 nitrogen and oxygen atoms in total. The van der Waals surface area contributed by atoms with Gasteiger partial charge in [0.25, 0.3) is 0 Å². The number of likely N-dealkylation sites (N-methyl/N-ethyl adjacent to an activating group) is 1. The number of aromatic carboxylic acids is 1. The van der Waals surface area contributed by atoms with E-state index >= 15 is 0 Å². The van der Waals surface area contributed by atoms with Crippen LogP contribution in [0.1, 0.15) is 52.7 Å². The van der Waals surface area contributed by atoms with Crippen molar-refractivity contribution < 1.29 is 14.6 Å². The lowest BCUT2D eigenvalue weighted by molar-refractivity contribution is -0.0965. The molecular weight excluding hydrogens is 336 g/mol. The molecule has 2 saturated heterocycles. The summed E-state index contributed by atoms with van der Waals surface area (Å²) >= 11 is 1.44. The predicted octanol–water partition coefficient (Wildman–Crippen LogP) is 2.79. The number of carbonyl (C=O) groups is 1. The minimum Gasteiger partial charge on any atom is -0.477 e. The van der Waals surface area contributed by atoms with Gasteiger partial charge in [0.15, 0.2) is 0 Å². The minimum absolute atomic E-state index is 0.234. The lowest BCUT2D eigenvalue weighted by Gasteiger charge is -2.44. The topological polar surface area (TPSA) is 53.0 Å². The number of fused-ring (bicyclic) bond motifs is 2. The van der Waals surface area contributed by atoms with Crippen molar-refractivity contribution in [3.8, 4) is 0 Å². The van der Waals surface area contributed by atoms with Gasteiger partial charge in [0, 0.05) is 30.6 Å². The quantitative estimate of drug-likeness (QED) is 0.890. The van der Waals surface area contributed by atoms with E-state index in [0.717, 1.165) is 45.5 Å². The molecule has 2 fully saturated rings. The van der Waals surface area contributed by atoms with Gasteiger partial charge >= 0.3 is 5.97 Å². The van der Waals surface area contributed by atoms with Crippen molar-refractivity contribution >= 4 is 17.3 Å². The maximum atomic E-state index is 11.4. The Morgan fingerprint density at radius 2 is 2.20 bits per heavy atom.